The molecule has 0 bridgehead atoms. The molecule has 0 aromatic carbocycles. The number of hydrogen-bond donors (Lipinski definition) is 1. The molecule has 1 aromatic rings. The molecule has 10 heavy (non-hydrogen) atoms. The van der Waals surface area contributed by atoms with Gasteiger partial charge in [0.25, 0.3) is 0 Å². The summed E-state index contributed by atoms with van der Waals surface area (Å²) in [5.41, 5.74) is 6.59. The molecule has 0 aliphatic rings. The van der Waals surface area contributed by atoms with Crippen LogP contribution in [0.4, 0.5) is 5.69 Å². The largest absolute Gasteiger partial charge is 0.398 e. The number of anilines is 1. The fourth-order valence-electron chi connectivity index (χ4n) is 0.766. The SMILES string of the molecule is CN(C)Cc1sccc1N. The van der Waals surface area contributed by atoms with Gasteiger partial charge >= 0.3 is 0 Å². The molecule has 2 N–H and O–H groups in total. The van der Waals surface area contributed by atoms with Gasteiger partial charge in [-0.25, -0.2) is 0 Å². The van der Waals surface area contributed by atoms with Crippen LogP contribution in [0.1, 0.15) is 4.88 Å². The predicted molar refractivity (Wildman–Crippen MR) is 46.1 cm³/mol. The molecule has 0 aliphatic carbocycles. The molecule has 0 unspecified atom stereocenters. The summed E-state index contributed by atoms with van der Waals surface area (Å²) in [6.07, 6.45) is 0. The molecule has 0 aliphatic heterocycles. The van der Waals surface area contributed by atoms with E-state index in [2.05, 4.69) is 4.90 Å². The molecule has 1 aromatic heterocycles. The Morgan fingerprint density at radius 1 is 1.60 bits per heavy atom. The van der Waals surface area contributed by atoms with Crippen LogP contribution >= 0.6 is 11.3 Å². The second-order valence-electron chi connectivity index (χ2n) is 2.54. The van der Waals surface area contributed by atoms with Crippen molar-refractivity contribution in [3.05, 3.63) is 16.3 Å². The monoisotopic (exact) mass is 156 g/mol. The van der Waals surface area contributed by atoms with Gasteiger partial charge in [-0.2, -0.15) is 0 Å². The molecular formula is C7H12N2S. The van der Waals surface area contributed by atoms with Crippen molar-refractivity contribution >= 4 is 17.0 Å². The normalized spacial score (nSPS) is 10.7. The maximum atomic E-state index is 5.67. The lowest BCUT2D eigenvalue weighted by atomic mass is 10.4. The molecule has 1 heterocycles. The summed E-state index contributed by atoms with van der Waals surface area (Å²) >= 11 is 1.71. The van der Waals surface area contributed by atoms with E-state index in [0.717, 1.165) is 12.2 Å². The van der Waals surface area contributed by atoms with E-state index in [0.29, 0.717) is 0 Å². The van der Waals surface area contributed by atoms with Crippen LogP contribution in [-0.4, -0.2) is 19.0 Å². The van der Waals surface area contributed by atoms with Crippen LogP contribution in [0, 0.1) is 0 Å². The van der Waals surface area contributed by atoms with Crippen LogP contribution in [0.25, 0.3) is 0 Å². The molecule has 0 spiro atoms. The number of nitrogens with zero attached hydrogens (tertiary/aromatic N) is 1. The Kier molecular flexibility index (Phi) is 2.29. The first-order chi connectivity index (χ1) is 4.70. The molecule has 0 amide bonds. The van der Waals surface area contributed by atoms with E-state index in [9.17, 15) is 0 Å². The Bertz CT molecular complexity index is 205. The van der Waals surface area contributed by atoms with Gasteiger partial charge < -0.3 is 10.6 Å². The van der Waals surface area contributed by atoms with Crippen molar-refractivity contribution in [1.29, 1.82) is 0 Å². The van der Waals surface area contributed by atoms with Gasteiger partial charge in [0.1, 0.15) is 0 Å². The molecule has 0 radical (unpaired) electrons. The van der Waals surface area contributed by atoms with Crippen LogP contribution in [0.3, 0.4) is 0 Å². The van der Waals surface area contributed by atoms with Gasteiger partial charge in [-0.05, 0) is 25.5 Å². The fraction of sp³-hybridized carbons (Fsp3) is 0.429. The van der Waals surface area contributed by atoms with E-state index >= 15 is 0 Å². The molecule has 0 saturated heterocycles. The minimum Gasteiger partial charge on any atom is -0.398 e. The molecule has 0 fully saturated rings. The van der Waals surface area contributed by atoms with Crippen molar-refractivity contribution in [2.45, 2.75) is 6.54 Å². The smallest absolute Gasteiger partial charge is 0.0468 e. The van der Waals surface area contributed by atoms with E-state index < -0.39 is 0 Å². The molecule has 0 saturated carbocycles. The summed E-state index contributed by atoms with van der Waals surface area (Å²) in [6, 6.07) is 1.95. The van der Waals surface area contributed by atoms with Gasteiger partial charge in [-0.1, -0.05) is 0 Å². The Morgan fingerprint density at radius 2 is 2.30 bits per heavy atom. The lowest BCUT2D eigenvalue weighted by Gasteiger charge is -2.07. The predicted octanol–water partition coefficient (Wildman–Crippen LogP) is 1.39. The zero-order chi connectivity index (χ0) is 7.56. The van der Waals surface area contributed by atoms with Gasteiger partial charge in [-0.3, -0.25) is 0 Å². The van der Waals surface area contributed by atoms with Crippen LogP contribution in [0.5, 0.6) is 0 Å². The fourth-order valence-corrected chi connectivity index (χ4v) is 1.68. The van der Waals surface area contributed by atoms with Crippen LogP contribution < -0.4 is 5.73 Å². The molecule has 56 valence electrons. The first-order valence-corrected chi connectivity index (χ1v) is 4.04. The third kappa shape index (κ3) is 1.72. The first-order valence-electron chi connectivity index (χ1n) is 3.16. The Morgan fingerprint density at radius 3 is 2.70 bits per heavy atom. The summed E-state index contributed by atoms with van der Waals surface area (Å²) in [5.74, 6) is 0. The lowest BCUT2D eigenvalue weighted by Crippen LogP contribution is -2.10. The summed E-state index contributed by atoms with van der Waals surface area (Å²) in [5, 5.41) is 2.02. The zero-order valence-electron chi connectivity index (χ0n) is 6.29. The van der Waals surface area contributed by atoms with Gasteiger partial charge in [-0.15, -0.1) is 11.3 Å². The van der Waals surface area contributed by atoms with Gasteiger partial charge in [0.05, 0.1) is 0 Å². The Hall–Kier alpha value is -0.540. The summed E-state index contributed by atoms with van der Waals surface area (Å²) in [4.78, 5) is 3.37. The molecule has 1 rings (SSSR count). The highest BCUT2D eigenvalue weighted by Gasteiger charge is 1.99. The highest BCUT2D eigenvalue weighted by Crippen LogP contribution is 2.19. The average molecular weight is 156 g/mol. The standard InChI is InChI=1S/C7H12N2S/c1-9(2)5-7-6(8)3-4-10-7/h3-4H,5,8H2,1-2H3. The topological polar surface area (TPSA) is 29.3 Å². The number of nitrogens with two attached hydrogens (primary N) is 1. The maximum absolute atomic E-state index is 5.67. The van der Waals surface area contributed by atoms with E-state index in [1.54, 1.807) is 11.3 Å². The first kappa shape index (κ1) is 7.57. The summed E-state index contributed by atoms with van der Waals surface area (Å²) < 4.78 is 0. The molecule has 0 atom stereocenters. The second kappa shape index (κ2) is 3.03. The summed E-state index contributed by atoms with van der Waals surface area (Å²) in [7, 11) is 4.08. The van der Waals surface area contributed by atoms with Crippen molar-refractivity contribution in [2.75, 3.05) is 19.8 Å². The Labute approximate surface area is 65.3 Å². The van der Waals surface area contributed by atoms with Crippen molar-refractivity contribution < 1.29 is 0 Å². The summed E-state index contributed by atoms with van der Waals surface area (Å²) in [6.45, 7) is 0.948. The van der Waals surface area contributed by atoms with Crippen LogP contribution in [0.15, 0.2) is 11.4 Å². The Balaban J connectivity index is 2.65. The van der Waals surface area contributed by atoms with E-state index in [1.807, 2.05) is 25.5 Å². The number of hydrogen-bond acceptors (Lipinski definition) is 3. The minimum atomic E-state index is 0.915. The van der Waals surface area contributed by atoms with Crippen LogP contribution in [-0.2, 0) is 6.54 Å². The molecule has 3 heteroatoms. The van der Waals surface area contributed by atoms with E-state index in [1.165, 1.54) is 4.88 Å². The lowest BCUT2D eigenvalue weighted by molar-refractivity contribution is 0.407. The maximum Gasteiger partial charge on any atom is 0.0468 e. The number of thiophene rings is 1. The van der Waals surface area contributed by atoms with E-state index in [-0.39, 0.29) is 0 Å². The van der Waals surface area contributed by atoms with Crippen molar-refractivity contribution in [2.24, 2.45) is 0 Å². The van der Waals surface area contributed by atoms with Gasteiger partial charge in [0.2, 0.25) is 0 Å². The second-order valence-corrected chi connectivity index (χ2v) is 3.54. The number of nitrogen functional groups attached to an aromatic ring is 1. The molecule has 2 nitrogen and oxygen atoms in total. The quantitative estimate of drug-likeness (QED) is 0.701. The van der Waals surface area contributed by atoms with E-state index in [4.69, 9.17) is 5.73 Å². The highest BCUT2D eigenvalue weighted by molar-refractivity contribution is 7.10. The number of rotatable bonds is 2. The van der Waals surface area contributed by atoms with Crippen molar-refractivity contribution in [1.82, 2.24) is 4.90 Å². The average Bonchev–Trinajstić information content (AvgIpc) is 2.15. The van der Waals surface area contributed by atoms with Gasteiger partial charge in [0, 0.05) is 17.1 Å². The van der Waals surface area contributed by atoms with Crippen molar-refractivity contribution in [3.63, 3.8) is 0 Å². The van der Waals surface area contributed by atoms with Crippen molar-refractivity contribution in [3.8, 4) is 0 Å². The zero-order valence-corrected chi connectivity index (χ0v) is 7.11. The van der Waals surface area contributed by atoms with Crippen LogP contribution in [0.2, 0.25) is 0 Å². The van der Waals surface area contributed by atoms with Gasteiger partial charge in [0.15, 0.2) is 0 Å². The minimum absolute atomic E-state index is 0.915. The third-order valence-corrected chi connectivity index (χ3v) is 2.16. The third-order valence-electron chi connectivity index (χ3n) is 1.24. The molecular weight excluding hydrogens is 144 g/mol. The highest BCUT2D eigenvalue weighted by atomic mass is 32.1.